The number of hydrogen-bond donors (Lipinski definition) is 1. The van der Waals surface area contributed by atoms with Gasteiger partial charge in [0.1, 0.15) is 17.5 Å². The largest absolute Gasteiger partial charge is 0.322 e. The summed E-state index contributed by atoms with van der Waals surface area (Å²) in [6, 6.07) is 15.8. The van der Waals surface area contributed by atoms with Crippen molar-refractivity contribution < 1.29 is 18.0 Å². The van der Waals surface area contributed by atoms with Gasteiger partial charge in [0.15, 0.2) is 0 Å². The van der Waals surface area contributed by atoms with Crippen LogP contribution in [0.25, 0.3) is 0 Å². The van der Waals surface area contributed by atoms with Crippen molar-refractivity contribution in [3.05, 3.63) is 101 Å². The highest BCUT2D eigenvalue weighted by Crippen LogP contribution is 2.35. The fourth-order valence-corrected chi connectivity index (χ4v) is 3.57. The average Bonchev–Trinajstić information content (AvgIpc) is 2.70. The third kappa shape index (κ3) is 3.45. The number of nitrogens with zero attached hydrogens (tertiary/aromatic N) is 1. The van der Waals surface area contributed by atoms with Crippen LogP contribution >= 0.6 is 0 Å². The van der Waals surface area contributed by atoms with E-state index in [9.17, 15) is 18.0 Å². The Labute approximate surface area is 160 Å². The fourth-order valence-electron chi connectivity index (χ4n) is 3.57. The lowest BCUT2D eigenvalue weighted by molar-refractivity contribution is 0.194. The van der Waals surface area contributed by atoms with Crippen LogP contribution in [0.5, 0.6) is 0 Å². The molecule has 1 atom stereocenters. The second-order valence-electron chi connectivity index (χ2n) is 6.65. The minimum atomic E-state index is -0.843. The van der Waals surface area contributed by atoms with E-state index in [1.54, 1.807) is 17.0 Å². The zero-order valence-corrected chi connectivity index (χ0v) is 14.8. The fraction of sp³-hybridized carbons (Fsp3) is 0.136. The van der Waals surface area contributed by atoms with E-state index >= 15 is 0 Å². The topological polar surface area (TPSA) is 32.3 Å². The Morgan fingerprint density at radius 2 is 1.64 bits per heavy atom. The van der Waals surface area contributed by atoms with Crippen molar-refractivity contribution in [3.8, 4) is 0 Å². The monoisotopic (exact) mass is 382 g/mol. The van der Waals surface area contributed by atoms with E-state index in [0.29, 0.717) is 13.0 Å². The van der Waals surface area contributed by atoms with Gasteiger partial charge >= 0.3 is 6.03 Å². The van der Waals surface area contributed by atoms with E-state index in [2.05, 4.69) is 5.32 Å². The first-order valence-corrected chi connectivity index (χ1v) is 8.89. The van der Waals surface area contributed by atoms with Gasteiger partial charge in [-0.05, 0) is 47.4 Å². The number of benzene rings is 3. The van der Waals surface area contributed by atoms with Crippen LogP contribution in [-0.2, 0) is 6.42 Å². The van der Waals surface area contributed by atoms with Gasteiger partial charge in [0.2, 0.25) is 0 Å². The molecule has 0 aliphatic carbocycles. The summed E-state index contributed by atoms with van der Waals surface area (Å²) in [4.78, 5) is 14.5. The molecule has 0 saturated heterocycles. The molecule has 1 aliphatic heterocycles. The number of fused-ring (bicyclic) bond motifs is 1. The van der Waals surface area contributed by atoms with Crippen LogP contribution < -0.4 is 5.32 Å². The standard InChI is InChI=1S/C22H17F3N2O/c23-16-7-5-15(6-8-16)21-18-4-2-1-3-14(18)11-12-27(21)22(28)26-20-10-9-17(24)13-19(20)25/h1-10,13,21H,11-12H2,(H,26,28)/t21-/m1/s1. The van der Waals surface area contributed by atoms with Gasteiger partial charge < -0.3 is 10.2 Å². The summed E-state index contributed by atoms with van der Waals surface area (Å²) in [5, 5.41) is 2.52. The van der Waals surface area contributed by atoms with Crippen molar-refractivity contribution in [1.82, 2.24) is 4.90 Å². The van der Waals surface area contributed by atoms with Gasteiger partial charge in [0.25, 0.3) is 0 Å². The quantitative estimate of drug-likeness (QED) is 0.642. The van der Waals surface area contributed by atoms with E-state index in [4.69, 9.17) is 0 Å². The first kappa shape index (κ1) is 18.1. The van der Waals surface area contributed by atoms with Gasteiger partial charge in [0.05, 0.1) is 11.7 Å². The molecule has 1 aliphatic rings. The Bertz CT molecular complexity index is 1020. The molecule has 4 rings (SSSR count). The Morgan fingerprint density at radius 3 is 2.39 bits per heavy atom. The number of hydrogen-bond acceptors (Lipinski definition) is 1. The lowest BCUT2D eigenvalue weighted by Gasteiger charge is -2.37. The number of carbonyl (C=O) groups excluding carboxylic acids is 1. The van der Waals surface area contributed by atoms with Gasteiger partial charge in [-0.2, -0.15) is 0 Å². The summed E-state index contributed by atoms with van der Waals surface area (Å²) >= 11 is 0. The van der Waals surface area contributed by atoms with Crippen LogP contribution in [0.4, 0.5) is 23.7 Å². The SMILES string of the molecule is O=C(Nc1ccc(F)cc1F)N1CCc2ccccc2[C@H]1c1ccc(F)cc1. The summed E-state index contributed by atoms with van der Waals surface area (Å²) < 4.78 is 40.5. The summed E-state index contributed by atoms with van der Waals surface area (Å²) in [7, 11) is 0. The van der Waals surface area contributed by atoms with Crippen molar-refractivity contribution >= 4 is 11.7 Å². The van der Waals surface area contributed by atoms with Gasteiger partial charge in [0, 0.05) is 12.6 Å². The minimum Gasteiger partial charge on any atom is -0.313 e. The number of rotatable bonds is 2. The highest BCUT2D eigenvalue weighted by molar-refractivity contribution is 5.90. The zero-order chi connectivity index (χ0) is 19.7. The van der Waals surface area contributed by atoms with Crippen LogP contribution in [0.1, 0.15) is 22.7 Å². The molecule has 0 radical (unpaired) electrons. The summed E-state index contributed by atoms with van der Waals surface area (Å²) in [6.07, 6.45) is 0.646. The van der Waals surface area contributed by atoms with Crippen LogP contribution in [0.3, 0.4) is 0 Å². The molecular formula is C22H17F3N2O. The number of amides is 2. The van der Waals surface area contributed by atoms with Crippen molar-refractivity contribution in [2.45, 2.75) is 12.5 Å². The van der Waals surface area contributed by atoms with Crippen LogP contribution in [0, 0.1) is 17.5 Å². The predicted octanol–water partition coefficient (Wildman–Crippen LogP) is 5.28. The highest BCUT2D eigenvalue weighted by atomic mass is 19.1. The second-order valence-corrected chi connectivity index (χ2v) is 6.65. The Hall–Kier alpha value is -3.28. The zero-order valence-electron chi connectivity index (χ0n) is 14.8. The third-order valence-corrected chi connectivity index (χ3v) is 4.90. The molecule has 0 aromatic heterocycles. The molecule has 2 amide bonds. The molecule has 3 aromatic rings. The molecule has 0 fully saturated rings. The first-order valence-electron chi connectivity index (χ1n) is 8.89. The Kier molecular flexibility index (Phi) is 4.77. The predicted molar refractivity (Wildman–Crippen MR) is 100 cm³/mol. The number of halogens is 3. The van der Waals surface area contributed by atoms with E-state index in [-0.39, 0.29) is 11.5 Å². The smallest absolute Gasteiger partial charge is 0.313 e. The van der Waals surface area contributed by atoms with Gasteiger partial charge in [-0.25, -0.2) is 18.0 Å². The van der Waals surface area contributed by atoms with Crippen molar-refractivity contribution in [3.63, 3.8) is 0 Å². The molecule has 3 aromatic carbocycles. The molecule has 142 valence electrons. The normalized spacial score (nSPS) is 15.8. The maximum absolute atomic E-state index is 14.0. The van der Waals surface area contributed by atoms with Crippen molar-refractivity contribution in [2.24, 2.45) is 0 Å². The molecule has 1 N–H and O–H groups in total. The molecule has 6 heteroatoms. The molecule has 3 nitrogen and oxygen atoms in total. The third-order valence-electron chi connectivity index (χ3n) is 4.90. The number of nitrogens with one attached hydrogen (secondary N) is 1. The number of carbonyl (C=O) groups is 1. The van der Waals surface area contributed by atoms with Crippen LogP contribution in [0.2, 0.25) is 0 Å². The summed E-state index contributed by atoms with van der Waals surface area (Å²) in [6.45, 7) is 0.410. The second kappa shape index (κ2) is 7.38. The maximum Gasteiger partial charge on any atom is 0.322 e. The van der Waals surface area contributed by atoms with E-state index in [1.807, 2.05) is 24.3 Å². The average molecular weight is 382 g/mol. The molecule has 0 spiro atoms. The van der Waals surface area contributed by atoms with E-state index in [0.717, 1.165) is 28.8 Å². The van der Waals surface area contributed by atoms with E-state index in [1.165, 1.54) is 18.2 Å². The molecule has 28 heavy (non-hydrogen) atoms. The van der Waals surface area contributed by atoms with Crippen LogP contribution in [0.15, 0.2) is 66.7 Å². The molecule has 0 bridgehead atoms. The highest BCUT2D eigenvalue weighted by Gasteiger charge is 2.32. The molecule has 1 heterocycles. The molecular weight excluding hydrogens is 365 g/mol. The Balaban J connectivity index is 1.70. The first-order chi connectivity index (χ1) is 13.5. The van der Waals surface area contributed by atoms with Crippen LogP contribution in [-0.4, -0.2) is 17.5 Å². The van der Waals surface area contributed by atoms with E-state index < -0.39 is 23.7 Å². The minimum absolute atomic E-state index is 0.0943. The number of anilines is 1. The maximum atomic E-state index is 14.0. The van der Waals surface area contributed by atoms with Gasteiger partial charge in [-0.1, -0.05) is 36.4 Å². The number of urea groups is 1. The lowest BCUT2D eigenvalue weighted by atomic mass is 9.88. The van der Waals surface area contributed by atoms with Crippen molar-refractivity contribution in [2.75, 3.05) is 11.9 Å². The molecule has 0 unspecified atom stereocenters. The summed E-state index contributed by atoms with van der Waals surface area (Å²) in [5.41, 5.74) is 2.70. The lowest BCUT2D eigenvalue weighted by Crippen LogP contribution is -2.43. The van der Waals surface area contributed by atoms with Gasteiger partial charge in [-0.15, -0.1) is 0 Å². The molecule has 0 saturated carbocycles. The Morgan fingerprint density at radius 1 is 0.929 bits per heavy atom. The summed E-state index contributed by atoms with van der Waals surface area (Å²) in [5.74, 6) is -1.92. The van der Waals surface area contributed by atoms with Gasteiger partial charge in [-0.3, -0.25) is 0 Å². The van der Waals surface area contributed by atoms with Crippen molar-refractivity contribution in [1.29, 1.82) is 0 Å².